The molecule has 0 saturated heterocycles. The molecular weight excluding hydrogens is 300 g/mol. The third-order valence-electron chi connectivity index (χ3n) is 6.88. The average Bonchev–Trinajstić information content (AvgIpc) is 3.13. The first kappa shape index (κ1) is 17.4. The maximum absolute atomic E-state index is 12.6. The summed E-state index contributed by atoms with van der Waals surface area (Å²) in [5.74, 6) is 1.32. The fourth-order valence-electron chi connectivity index (χ4n) is 4.89. The van der Waals surface area contributed by atoms with E-state index in [1.165, 1.54) is 32.1 Å². The molecule has 5 heteroatoms. The van der Waals surface area contributed by atoms with Crippen LogP contribution < -0.4 is 5.32 Å². The van der Waals surface area contributed by atoms with Gasteiger partial charge in [0.25, 0.3) is 0 Å². The molecule has 0 unspecified atom stereocenters. The first-order valence-corrected chi connectivity index (χ1v) is 9.59. The van der Waals surface area contributed by atoms with Gasteiger partial charge in [-0.25, -0.2) is 9.67 Å². The van der Waals surface area contributed by atoms with Gasteiger partial charge in [0.15, 0.2) is 0 Å². The minimum atomic E-state index is -0.133. The van der Waals surface area contributed by atoms with Crippen LogP contribution in [0.4, 0.5) is 0 Å². The molecule has 3 rings (SSSR count). The van der Waals surface area contributed by atoms with Gasteiger partial charge in [-0.2, -0.15) is 5.10 Å². The quantitative estimate of drug-likeness (QED) is 0.916. The Morgan fingerprint density at radius 2 is 1.96 bits per heavy atom. The molecule has 0 aromatic carbocycles. The predicted octanol–water partition coefficient (Wildman–Crippen LogP) is 3.61. The second-order valence-corrected chi connectivity index (χ2v) is 8.36. The van der Waals surface area contributed by atoms with Crippen molar-refractivity contribution in [2.45, 2.75) is 84.1 Å². The Kier molecular flexibility index (Phi) is 4.71. The smallest absolute Gasteiger partial charge is 0.223 e. The summed E-state index contributed by atoms with van der Waals surface area (Å²) >= 11 is 0. The lowest BCUT2D eigenvalue weighted by atomic mass is 9.65. The van der Waals surface area contributed by atoms with Crippen LogP contribution in [0.1, 0.15) is 84.5 Å². The summed E-state index contributed by atoms with van der Waals surface area (Å²) in [5, 5.41) is 7.63. The largest absolute Gasteiger partial charge is 0.356 e. The Morgan fingerprint density at radius 1 is 1.25 bits per heavy atom. The van der Waals surface area contributed by atoms with E-state index in [4.69, 9.17) is 4.98 Å². The Morgan fingerprint density at radius 3 is 2.62 bits per heavy atom. The highest BCUT2D eigenvalue weighted by Gasteiger charge is 2.57. The number of hydrogen-bond acceptors (Lipinski definition) is 3. The molecule has 1 aromatic rings. The van der Waals surface area contributed by atoms with Gasteiger partial charge in [-0.15, -0.1) is 0 Å². The average molecular weight is 332 g/mol. The van der Waals surface area contributed by atoms with Crippen molar-refractivity contribution in [3.05, 3.63) is 12.2 Å². The fourth-order valence-corrected chi connectivity index (χ4v) is 4.89. The van der Waals surface area contributed by atoms with Crippen LogP contribution in [0, 0.1) is 11.3 Å². The molecule has 1 aromatic heterocycles. The van der Waals surface area contributed by atoms with Crippen LogP contribution in [-0.2, 0) is 10.2 Å². The SMILES string of the molecule is CCNC(=O)[C@H]1CC[C@@](C)(c2ncnn2C2CCCCC2)C1(C)C. The van der Waals surface area contributed by atoms with E-state index < -0.39 is 0 Å². The van der Waals surface area contributed by atoms with Gasteiger partial charge in [-0.1, -0.05) is 40.0 Å². The number of amides is 1. The maximum atomic E-state index is 12.6. The zero-order valence-electron chi connectivity index (χ0n) is 15.6. The molecule has 24 heavy (non-hydrogen) atoms. The van der Waals surface area contributed by atoms with E-state index in [2.05, 4.69) is 35.9 Å². The van der Waals surface area contributed by atoms with Crippen LogP contribution in [0.2, 0.25) is 0 Å². The van der Waals surface area contributed by atoms with E-state index in [1.807, 2.05) is 6.92 Å². The summed E-state index contributed by atoms with van der Waals surface area (Å²) in [5.41, 5.74) is -0.248. The van der Waals surface area contributed by atoms with Gasteiger partial charge in [0, 0.05) is 17.9 Å². The minimum absolute atomic E-state index is 0.0407. The lowest BCUT2D eigenvalue weighted by Gasteiger charge is -2.41. The van der Waals surface area contributed by atoms with Crippen molar-refractivity contribution in [2.24, 2.45) is 11.3 Å². The normalized spacial score (nSPS) is 30.4. The van der Waals surface area contributed by atoms with Gasteiger partial charge in [-0.05, 0) is 38.0 Å². The first-order chi connectivity index (χ1) is 11.4. The Hall–Kier alpha value is -1.39. The molecule has 5 nitrogen and oxygen atoms in total. The number of aromatic nitrogens is 3. The molecule has 2 atom stereocenters. The monoisotopic (exact) mass is 332 g/mol. The van der Waals surface area contributed by atoms with Gasteiger partial charge in [0.1, 0.15) is 12.2 Å². The molecule has 1 N–H and O–H groups in total. The van der Waals surface area contributed by atoms with E-state index in [-0.39, 0.29) is 22.7 Å². The van der Waals surface area contributed by atoms with E-state index >= 15 is 0 Å². The molecule has 1 heterocycles. The molecule has 0 radical (unpaired) electrons. The van der Waals surface area contributed by atoms with Crippen molar-refractivity contribution < 1.29 is 4.79 Å². The van der Waals surface area contributed by atoms with Crippen molar-refractivity contribution in [3.8, 4) is 0 Å². The van der Waals surface area contributed by atoms with Gasteiger partial charge in [0.05, 0.1) is 6.04 Å². The third-order valence-corrected chi connectivity index (χ3v) is 6.88. The molecule has 2 aliphatic rings. The van der Waals surface area contributed by atoms with Gasteiger partial charge < -0.3 is 5.32 Å². The van der Waals surface area contributed by atoms with Crippen molar-refractivity contribution in [1.29, 1.82) is 0 Å². The van der Waals surface area contributed by atoms with Crippen LogP contribution >= 0.6 is 0 Å². The zero-order chi connectivity index (χ0) is 17.4. The summed E-state index contributed by atoms with van der Waals surface area (Å²) in [6.07, 6.45) is 9.93. The summed E-state index contributed by atoms with van der Waals surface area (Å²) in [4.78, 5) is 17.3. The second kappa shape index (κ2) is 6.49. The van der Waals surface area contributed by atoms with Crippen LogP contribution in [0.25, 0.3) is 0 Å². The maximum Gasteiger partial charge on any atom is 0.223 e. The number of carbonyl (C=O) groups excluding carboxylic acids is 1. The Balaban J connectivity index is 1.91. The molecule has 2 saturated carbocycles. The van der Waals surface area contributed by atoms with Crippen molar-refractivity contribution >= 4 is 5.91 Å². The van der Waals surface area contributed by atoms with E-state index in [9.17, 15) is 4.79 Å². The van der Waals surface area contributed by atoms with Crippen LogP contribution in [-0.4, -0.2) is 27.2 Å². The number of nitrogens with zero attached hydrogens (tertiary/aromatic N) is 3. The number of rotatable bonds is 4. The van der Waals surface area contributed by atoms with Crippen molar-refractivity contribution in [1.82, 2.24) is 20.1 Å². The summed E-state index contributed by atoms with van der Waals surface area (Å²) in [7, 11) is 0. The molecule has 1 amide bonds. The molecule has 2 fully saturated rings. The van der Waals surface area contributed by atoms with Crippen LogP contribution in [0.5, 0.6) is 0 Å². The lowest BCUT2D eigenvalue weighted by molar-refractivity contribution is -0.128. The Labute approximate surface area is 145 Å². The first-order valence-electron chi connectivity index (χ1n) is 9.59. The number of carbonyl (C=O) groups is 1. The highest BCUT2D eigenvalue weighted by atomic mass is 16.1. The third kappa shape index (κ3) is 2.66. The van der Waals surface area contributed by atoms with E-state index in [0.29, 0.717) is 12.6 Å². The highest BCUT2D eigenvalue weighted by Crippen LogP contribution is 2.57. The standard InChI is InChI=1S/C19H32N4O/c1-5-20-16(24)15-11-12-19(4,18(15,2)3)17-21-13-22-23(17)14-9-7-6-8-10-14/h13-15H,5-12H2,1-4H3,(H,20,24)/t15-,19+/m1/s1. The predicted molar refractivity (Wildman–Crippen MR) is 94.7 cm³/mol. The molecule has 2 aliphatic carbocycles. The minimum Gasteiger partial charge on any atom is -0.356 e. The van der Waals surface area contributed by atoms with Crippen molar-refractivity contribution in [3.63, 3.8) is 0 Å². The number of nitrogens with one attached hydrogen (secondary N) is 1. The summed E-state index contributed by atoms with van der Waals surface area (Å²) in [6.45, 7) is 9.44. The lowest BCUT2D eigenvalue weighted by Crippen LogP contribution is -2.45. The van der Waals surface area contributed by atoms with Gasteiger partial charge in [-0.3, -0.25) is 4.79 Å². The molecule has 134 valence electrons. The van der Waals surface area contributed by atoms with Gasteiger partial charge >= 0.3 is 0 Å². The molecule has 0 aliphatic heterocycles. The van der Waals surface area contributed by atoms with Crippen LogP contribution in [0.15, 0.2) is 6.33 Å². The zero-order valence-corrected chi connectivity index (χ0v) is 15.6. The highest BCUT2D eigenvalue weighted by molar-refractivity contribution is 5.80. The fraction of sp³-hybridized carbons (Fsp3) is 0.842. The summed E-state index contributed by atoms with van der Waals surface area (Å²) in [6, 6.07) is 0.479. The Bertz CT molecular complexity index is 588. The summed E-state index contributed by atoms with van der Waals surface area (Å²) < 4.78 is 2.20. The van der Waals surface area contributed by atoms with Crippen LogP contribution in [0.3, 0.4) is 0 Å². The van der Waals surface area contributed by atoms with Gasteiger partial charge in [0.2, 0.25) is 5.91 Å². The van der Waals surface area contributed by atoms with Crippen molar-refractivity contribution in [2.75, 3.05) is 6.54 Å². The molecule has 0 spiro atoms. The number of hydrogen-bond donors (Lipinski definition) is 1. The second-order valence-electron chi connectivity index (χ2n) is 8.36. The van der Waals surface area contributed by atoms with E-state index in [1.54, 1.807) is 6.33 Å². The molecule has 0 bridgehead atoms. The molecular formula is C19H32N4O. The topological polar surface area (TPSA) is 59.8 Å². The van der Waals surface area contributed by atoms with E-state index in [0.717, 1.165) is 18.7 Å².